The van der Waals surface area contributed by atoms with E-state index in [9.17, 15) is 22.8 Å². The van der Waals surface area contributed by atoms with Gasteiger partial charge in [0.25, 0.3) is 5.91 Å². The Bertz CT molecular complexity index is 864. The Morgan fingerprint density at radius 1 is 1.22 bits per heavy atom. The van der Waals surface area contributed by atoms with Crippen LogP contribution in [0.3, 0.4) is 0 Å². The summed E-state index contributed by atoms with van der Waals surface area (Å²) in [7, 11) is 0. The molecule has 0 fully saturated rings. The van der Waals surface area contributed by atoms with E-state index >= 15 is 0 Å². The van der Waals surface area contributed by atoms with Gasteiger partial charge in [-0.25, -0.2) is 9.78 Å². The summed E-state index contributed by atoms with van der Waals surface area (Å²) in [6, 6.07) is 2.51. The molecule has 2 heterocycles. The highest BCUT2D eigenvalue weighted by Crippen LogP contribution is 2.35. The van der Waals surface area contributed by atoms with Crippen molar-refractivity contribution in [2.45, 2.75) is 18.6 Å². The van der Waals surface area contributed by atoms with Gasteiger partial charge in [0.1, 0.15) is 19.3 Å². The van der Waals surface area contributed by atoms with E-state index in [0.29, 0.717) is 30.3 Å². The quantitative estimate of drug-likeness (QED) is 0.811. The second-order valence-corrected chi connectivity index (χ2v) is 5.57. The second-order valence-electron chi connectivity index (χ2n) is 5.57. The number of halogens is 3. The summed E-state index contributed by atoms with van der Waals surface area (Å²) in [4.78, 5) is 27.0. The molecule has 0 saturated heterocycles. The summed E-state index contributed by atoms with van der Waals surface area (Å²) in [6.45, 7) is 0.718. The first kappa shape index (κ1) is 18.5. The van der Waals surface area contributed by atoms with Crippen molar-refractivity contribution in [1.82, 2.24) is 10.3 Å². The van der Waals surface area contributed by atoms with E-state index in [0.717, 1.165) is 6.39 Å². The zero-order chi connectivity index (χ0) is 19.6. The van der Waals surface area contributed by atoms with Crippen LogP contribution >= 0.6 is 0 Å². The fourth-order valence-corrected chi connectivity index (χ4v) is 2.46. The molecule has 1 aromatic carbocycles. The number of aromatic nitrogens is 1. The summed E-state index contributed by atoms with van der Waals surface area (Å²) in [5, 5.41) is 10.7. The van der Waals surface area contributed by atoms with Crippen LogP contribution in [0.1, 0.15) is 16.9 Å². The van der Waals surface area contributed by atoms with E-state index in [1.54, 1.807) is 12.1 Å². The minimum atomic E-state index is -4.77. The minimum Gasteiger partial charge on any atom is -0.486 e. The molecule has 1 unspecified atom stereocenters. The number of oxazole rings is 1. The van der Waals surface area contributed by atoms with Crippen molar-refractivity contribution in [3.63, 3.8) is 0 Å². The Morgan fingerprint density at radius 2 is 1.93 bits per heavy atom. The Hall–Kier alpha value is -3.24. The molecule has 3 rings (SSSR count). The van der Waals surface area contributed by atoms with Gasteiger partial charge < -0.3 is 24.3 Å². The number of fused-ring (bicyclic) bond motifs is 1. The molecular weight excluding hydrogens is 373 g/mol. The van der Waals surface area contributed by atoms with E-state index in [1.165, 1.54) is 6.07 Å². The van der Waals surface area contributed by atoms with E-state index in [-0.39, 0.29) is 11.5 Å². The monoisotopic (exact) mass is 386 g/mol. The zero-order valence-corrected chi connectivity index (χ0v) is 13.6. The number of alkyl halides is 3. The highest BCUT2D eigenvalue weighted by molar-refractivity contribution is 5.99. The number of amides is 1. The summed E-state index contributed by atoms with van der Waals surface area (Å²) >= 11 is 0. The molecule has 1 atom stereocenters. The number of carboxylic acids is 1. The first-order valence-corrected chi connectivity index (χ1v) is 7.68. The van der Waals surface area contributed by atoms with Gasteiger partial charge in [-0.2, -0.15) is 13.2 Å². The van der Waals surface area contributed by atoms with Crippen LogP contribution in [0.4, 0.5) is 13.2 Å². The van der Waals surface area contributed by atoms with Gasteiger partial charge in [0.2, 0.25) is 0 Å². The van der Waals surface area contributed by atoms with Crippen molar-refractivity contribution in [3.8, 4) is 22.8 Å². The van der Waals surface area contributed by atoms with Gasteiger partial charge in [-0.05, 0) is 18.2 Å². The van der Waals surface area contributed by atoms with E-state index < -0.39 is 30.5 Å². The topological polar surface area (TPSA) is 111 Å². The number of rotatable bonds is 5. The summed E-state index contributed by atoms with van der Waals surface area (Å²) in [5.41, 5.74) is 0.0182. The molecule has 2 aromatic rings. The molecule has 0 saturated carbocycles. The van der Waals surface area contributed by atoms with Gasteiger partial charge in [-0.1, -0.05) is 0 Å². The van der Waals surface area contributed by atoms with Gasteiger partial charge in [-0.3, -0.25) is 4.79 Å². The van der Waals surface area contributed by atoms with E-state index in [1.807, 2.05) is 5.32 Å². The number of carbonyl (C=O) groups is 2. The van der Waals surface area contributed by atoms with Gasteiger partial charge in [0, 0.05) is 5.56 Å². The maximum absolute atomic E-state index is 12.5. The first-order chi connectivity index (χ1) is 12.7. The Labute approximate surface area is 149 Å². The van der Waals surface area contributed by atoms with Crippen molar-refractivity contribution in [2.24, 2.45) is 0 Å². The molecule has 0 spiro atoms. The highest BCUT2D eigenvalue weighted by Gasteiger charge is 2.37. The Balaban J connectivity index is 1.84. The standard InChI is InChI=1S/C16H13F3N2O6/c17-16(18,19)6-9(15(23)24)21-14(22)12-13(27-7-20-12)8-1-2-10-11(5-8)26-4-3-25-10/h1-2,5,7,9H,3-4,6H2,(H,21,22)(H,23,24). The molecule has 0 aliphatic carbocycles. The normalized spacial score (nSPS) is 14.5. The molecule has 11 heteroatoms. The molecule has 1 aliphatic heterocycles. The number of nitrogens with zero attached hydrogens (tertiary/aromatic N) is 1. The van der Waals surface area contributed by atoms with Gasteiger partial charge >= 0.3 is 12.1 Å². The van der Waals surface area contributed by atoms with Crippen LogP contribution in [0.25, 0.3) is 11.3 Å². The van der Waals surface area contributed by atoms with Crippen LogP contribution < -0.4 is 14.8 Å². The van der Waals surface area contributed by atoms with Crippen LogP contribution in [0.2, 0.25) is 0 Å². The highest BCUT2D eigenvalue weighted by atomic mass is 19.4. The average molecular weight is 386 g/mol. The van der Waals surface area contributed by atoms with Gasteiger partial charge in [0.15, 0.2) is 29.3 Å². The van der Waals surface area contributed by atoms with Gasteiger partial charge in [-0.15, -0.1) is 0 Å². The number of carbonyl (C=O) groups excluding carboxylic acids is 1. The molecule has 1 aliphatic rings. The Morgan fingerprint density at radius 3 is 2.59 bits per heavy atom. The minimum absolute atomic E-state index is 0.0411. The lowest BCUT2D eigenvalue weighted by atomic mass is 10.1. The summed E-state index contributed by atoms with van der Waals surface area (Å²) < 4.78 is 53.4. The maximum Gasteiger partial charge on any atom is 0.391 e. The molecular formula is C16H13F3N2O6. The summed E-state index contributed by atoms with van der Waals surface area (Å²) in [5.74, 6) is -2.07. The van der Waals surface area contributed by atoms with E-state index in [4.69, 9.17) is 19.0 Å². The zero-order valence-electron chi connectivity index (χ0n) is 13.6. The van der Waals surface area contributed by atoms with Crippen LogP contribution in [0.15, 0.2) is 29.0 Å². The predicted molar refractivity (Wildman–Crippen MR) is 82.5 cm³/mol. The number of aliphatic carboxylic acids is 1. The number of benzene rings is 1. The third-order valence-electron chi connectivity index (χ3n) is 3.63. The molecule has 1 amide bonds. The van der Waals surface area contributed by atoms with Crippen molar-refractivity contribution >= 4 is 11.9 Å². The molecule has 0 radical (unpaired) electrons. The first-order valence-electron chi connectivity index (χ1n) is 7.68. The van der Waals surface area contributed by atoms with Crippen molar-refractivity contribution < 1.29 is 41.8 Å². The summed E-state index contributed by atoms with van der Waals surface area (Å²) in [6.07, 6.45) is -5.55. The number of ether oxygens (including phenoxy) is 2. The van der Waals surface area contributed by atoms with Crippen molar-refractivity contribution in [2.75, 3.05) is 13.2 Å². The Kier molecular flexibility index (Phi) is 4.93. The molecule has 144 valence electrons. The maximum atomic E-state index is 12.5. The largest absolute Gasteiger partial charge is 0.486 e. The average Bonchev–Trinajstić information content (AvgIpc) is 3.09. The smallest absolute Gasteiger partial charge is 0.391 e. The third-order valence-corrected chi connectivity index (χ3v) is 3.63. The molecule has 1 aromatic heterocycles. The van der Waals surface area contributed by atoms with Crippen LogP contribution in [0.5, 0.6) is 11.5 Å². The van der Waals surface area contributed by atoms with Crippen LogP contribution in [0, 0.1) is 0 Å². The van der Waals surface area contributed by atoms with Gasteiger partial charge in [0.05, 0.1) is 6.42 Å². The SMILES string of the molecule is O=C(NC(CC(F)(F)F)C(=O)O)c1ncoc1-c1ccc2c(c1)OCCO2. The third kappa shape index (κ3) is 4.30. The molecule has 2 N–H and O–H groups in total. The predicted octanol–water partition coefficient (Wildman–Crippen LogP) is 2.25. The number of carboxylic acid groups (broad SMARTS) is 1. The lowest BCUT2D eigenvalue weighted by molar-refractivity contribution is -0.157. The number of nitrogens with one attached hydrogen (secondary N) is 1. The lowest BCUT2D eigenvalue weighted by Crippen LogP contribution is -2.43. The number of hydrogen-bond acceptors (Lipinski definition) is 6. The van der Waals surface area contributed by atoms with Crippen LogP contribution in [-0.2, 0) is 4.79 Å². The lowest BCUT2D eigenvalue weighted by Gasteiger charge is -2.18. The van der Waals surface area contributed by atoms with Crippen LogP contribution in [-0.4, -0.2) is 47.4 Å². The molecule has 8 nitrogen and oxygen atoms in total. The van der Waals surface area contributed by atoms with E-state index in [2.05, 4.69) is 4.98 Å². The number of hydrogen-bond donors (Lipinski definition) is 2. The van der Waals surface area contributed by atoms with Crippen molar-refractivity contribution in [1.29, 1.82) is 0 Å². The van der Waals surface area contributed by atoms with Crippen molar-refractivity contribution in [3.05, 3.63) is 30.3 Å². The fourth-order valence-electron chi connectivity index (χ4n) is 2.46. The molecule has 0 bridgehead atoms. The fraction of sp³-hybridized carbons (Fsp3) is 0.312. The second kappa shape index (κ2) is 7.17. The molecule has 27 heavy (non-hydrogen) atoms.